The lowest BCUT2D eigenvalue weighted by Crippen LogP contribution is -2.51. The minimum Gasteiger partial charge on any atom is -0.349 e. The SMILES string of the molecule is CC(C)OOC(O)NC(=O)C(Cc1ccccc1)NC(=O)c1cnccn1. The molecule has 1 heterocycles. The Bertz CT molecular complexity index is 727. The van der Waals surface area contributed by atoms with Crippen LogP contribution in [0.5, 0.6) is 0 Å². The third kappa shape index (κ3) is 7.10. The van der Waals surface area contributed by atoms with E-state index >= 15 is 0 Å². The zero-order valence-corrected chi connectivity index (χ0v) is 15.0. The second kappa shape index (κ2) is 10.3. The molecule has 9 nitrogen and oxygen atoms in total. The van der Waals surface area contributed by atoms with E-state index in [0.717, 1.165) is 5.56 Å². The van der Waals surface area contributed by atoms with E-state index in [9.17, 15) is 14.7 Å². The highest BCUT2D eigenvalue weighted by molar-refractivity contribution is 5.95. The molecule has 2 atom stereocenters. The summed E-state index contributed by atoms with van der Waals surface area (Å²) >= 11 is 0. The van der Waals surface area contributed by atoms with Crippen molar-refractivity contribution < 1.29 is 24.5 Å². The summed E-state index contributed by atoms with van der Waals surface area (Å²) in [5, 5.41) is 14.5. The summed E-state index contributed by atoms with van der Waals surface area (Å²) in [6, 6.07) is 8.16. The smallest absolute Gasteiger partial charge is 0.272 e. The number of hydrogen-bond donors (Lipinski definition) is 3. The zero-order valence-electron chi connectivity index (χ0n) is 15.0. The molecule has 3 N–H and O–H groups in total. The van der Waals surface area contributed by atoms with E-state index in [1.54, 1.807) is 13.8 Å². The summed E-state index contributed by atoms with van der Waals surface area (Å²) in [7, 11) is 0. The minimum absolute atomic E-state index is 0.0725. The average Bonchev–Trinajstić information content (AvgIpc) is 2.67. The topological polar surface area (TPSA) is 123 Å². The van der Waals surface area contributed by atoms with Crippen molar-refractivity contribution in [2.75, 3.05) is 0 Å². The molecule has 2 aromatic rings. The van der Waals surface area contributed by atoms with Crippen LogP contribution in [0, 0.1) is 0 Å². The van der Waals surface area contributed by atoms with Crippen molar-refractivity contribution in [1.82, 2.24) is 20.6 Å². The molecule has 2 unspecified atom stereocenters. The number of rotatable bonds is 9. The van der Waals surface area contributed by atoms with Gasteiger partial charge in [-0.05, 0) is 19.4 Å². The Balaban J connectivity index is 2.06. The van der Waals surface area contributed by atoms with E-state index in [1.807, 2.05) is 30.3 Å². The Kier molecular flexibility index (Phi) is 7.80. The molecule has 9 heteroatoms. The Hall–Kier alpha value is -2.88. The van der Waals surface area contributed by atoms with Gasteiger partial charge in [0.2, 0.25) is 5.91 Å². The lowest BCUT2D eigenvalue weighted by molar-refractivity contribution is -0.390. The predicted octanol–water partition coefficient (Wildman–Crippen LogP) is 0.566. The van der Waals surface area contributed by atoms with E-state index < -0.39 is 24.3 Å². The third-order valence-corrected chi connectivity index (χ3v) is 3.31. The highest BCUT2D eigenvalue weighted by atomic mass is 17.2. The number of aliphatic hydroxyl groups excluding tert-OH is 1. The second-order valence-corrected chi connectivity index (χ2v) is 5.91. The van der Waals surface area contributed by atoms with Gasteiger partial charge >= 0.3 is 0 Å². The van der Waals surface area contributed by atoms with E-state index in [1.165, 1.54) is 18.6 Å². The maximum Gasteiger partial charge on any atom is 0.272 e. The van der Waals surface area contributed by atoms with Gasteiger partial charge in [0.25, 0.3) is 12.3 Å². The summed E-state index contributed by atoms with van der Waals surface area (Å²) in [6.07, 6.45) is 2.34. The lowest BCUT2D eigenvalue weighted by atomic mass is 10.1. The van der Waals surface area contributed by atoms with Crippen LogP contribution in [0.25, 0.3) is 0 Å². The van der Waals surface area contributed by atoms with Gasteiger partial charge in [0.15, 0.2) is 0 Å². The maximum atomic E-state index is 12.5. The van der Waals surface area contributed by atoms with Crippen molar-refractivity contribution in [3.63, 3.8) is 0 Å². The predicted molar refractivity (Wildman–Crippen MR) is 94.9 cm³/mol. The Morgan fingerprint density at radius 3 is 2.48 bits per heavy atom. The standard InChI is InChI=1S/C18H22N4O5/c1-12(2)26-27-18(25)22-16(23)14(10-13-6-4-3-5-7-13)21-17(24)15-11-19-8-9-20-15/h3-9,11-12,14,18,25H,10H2,1-2H3,(H,21,24)(H,22,23). The first-order valence-corrected chi connectivity index (χ1v) is 8.37. The van der Waals surface area contributed by atoms with Crippen LogP contribution in [0.1, 0.15) is 29.9 Å². The number of nitrogens with one attached hydrogen (secondary N) is 2. The number of amides is 2. The van der Waals surface area contributed by atoms with E-state index in [-0.39, 0.29) is 18.2 Å². The molecule has 27 heavy (non-hydrogen) atoms. The van der Waals surface area contributed by atoms with Crippen LogP contribution in [0.2, 0.25) is 0 Å². The number of carbonyl (C=O) groups is 2. The molecule has 0 aliphatic rings. The lowest BCUT2D eigenvalue weighted by Gasteiger charge is -2.20. The summed E-state index contributed by atoms with van der Waals surface area (Å²) in [4.78, 5) is 42.0. The number of carbonyl (C=O) groups excluding carboxylic acids is 2. The quantitative estimate of drug-likeness (QED) is 0.333. The molecule has 2 rings (SSSR count). The normalized spacial score (nSPS) is 13.0. The molecule has 0 saturated heterocycles. The first-order valence-electron chi connectivity index (χ1n) is 8.37. The van der Waals surface area contributed by atoms with Gasteiger partial charge in [0.1, 0.15) is 11.7 Å². The number of hydrogen-bond acceptors (Lipinski definition) is 7. The molecule has 0 aliphatic carbocycles. The Morgan fingerprint density at radius 1 is 1.11 bits per heavy atom. The van der Waals surface area contributed by atoms with E-state index in [2.05, 4.69) is 25.5 Å². The maximum absolute atomic E-state index is 12.5. The zero-order chi connectivity index (χ0) is 19.6. The van der Waals surface area contributed by atoms with Crippen molar-refractivity contribution in [3.05, 3.63) is 60.2 Å². The fourth-order valence-electron chi connectivity index (χ4n) is 2.12. The van der Waals surface area contributed by atoms with Crippen molar-refractivity contribution >= 4 is 11.8 Å². The van der Waals surface area contributed by atoms with Crippen molar-refractivity contribution in [1.29, 1.82) is 0 Å². The molecule has 0 spiro atoms. The van der Waals surface area contributed by atoms with Gasteiger partial charge in [-0.1, -0.05) is 30.3 Å². The minimum atomic E-state index is -1.67. The van der Waals surface area contributed by atoms with Crippen LogP contribution in [-0.4, -0.2) is 45.4 Å². The molecule has 1 aromatic heterocycles. The van der Waals surface area contributed by atoms with Gasteiger partial charge in [-0.15, -0.1) is 0 Å². The summed E-state index contributed by atoms with van der Waals surface area (Å²) in [5.41, 5.74) is 0.897. The molecular weight excluding hydrogens is 352 g/mol. The summed E-state index contributed by atoms with van der Waals surface area (Å²) in [5.74, 6) is -1.20. The van der Waals surface area contributed by atoms with Crippen molar-refractivity contribution in [2.45, 2.75) is 38.8 Å². The van der Waals surface area contributed by atoms with Gasteiger partial charge in [-0.3, -0.25) is 14.6 Å². The van der Waals surface area contributed by atoms with Crippen LogP contribution in [0.3, 0.4) is 0 Å². The fraction of sp³-hybridized carbons (Fsp3) is 0.333. The molecule has 2 amide bonds. The van der Waals surface area contributed by atoms with Gasteiger partial charge in [-0.25, -0.2) is 9.87 Å². The largest absolute Gasteiger partial charge is 0.349 e. The van der Waals surface area contributed by atoms with E-state index in [0.29, 0.717) is 0 Å². The first-order chi connectivity index (χ1) is 13.0. The molecule has 0 radical (unpaired) electrons. The molecule has 144 valence electrons. The second-order valence-electron chi connectivity index (χ2n) is 5.91. The molecule has 0 saturated carbocycles. The monoisotopic (exact) mass is 374 g/mol. The van der Waals surface area contributed by atoms with Crippen LogP contribution < -0.4 is 10.6 Å². The van der Waals surface area contributed by atoms with Crippen LogP contribution in [0.15, 0.2) is 48.9 Å². The van der Waals surface area contributed by atoms with E-state index in [4.69, 9.17) is 4.89 Å². The first kappa shape index (κ1) is 20.4. The summed E-state index contributed by atoms with van der Waals surface area (Å²) < 4.78 is 0. The number of nitrogens with zero attached hydrogens (tertiary/aromatic N) is 2. The fourth-order valence-corrected chi connectivity index (χ4v) is 2.12. The molecule has 0 aliphatic heterocycles. The molecule has 0 fully saturated rings. The van der Waals surface area contributed by atoms with Crippen LogP contribution >= 0.6 is 0 Å². The van der Waals surface area contributed by atoms with Crippen LogP contribution in [0.4, 0.5) is 0 Å². The average molecular weight is 374 g/mol. The van der Waals surface area contributed by atoms with Gasteiger partial charge in [0.05, 0.1) is 12.3 Å². The summed E-state index contributed by atoms with van der Waals surface area (Å²) in [6.45, 7) is 3.40. The molecule has 1 aromatic carbocycles. The third-order valence-electron chi connectivity index (χ3n) is 3.31. The Labute approximate surface area is 156 Å². The van der Waals surface area contributed by atoms with Crippen molar-refractivity contribution in [3.8, 4) is 0 Å². The number of benzene rings is 1. The van der Waals surface area contributed by atoms with Gasteiger partial charge in [0, 0.05) is 18.8 Å². The Morgan fingerprint density at radius 2 is 1.85 bits per heavy atom. The highest BCUT2D eigenvalue weighted by Crippen LogP contribution is 2.05. The van der Waals surface area contributed by atoms with Crippen LogP contribution in [-0.2, 0) is 21.0 Å². The molecule has 0 bridgehead atoms. The van der Waals surface area contributed by atoms with Gasteiger partial charge in [-0.2, -0.15) is 4.89 Å². The molecular formula is C18H22N4O5. The van der Waals surface area contributed by atoms with Crippen molar-refractivity contribution in [2.24, 2.45) is 0 Å². The number of aliphatic hydroxyl groups is 1. The number of aromatic nitrogens is 2. The van der Waals surface area contributed by atoms with Gasteiger partial charge < -0.3 is 15.7 Å². The highest BCUT2D eigenvalue weighted by Gasteiger charge is 2.24.